The minimum atomic E-state index is -5.00. The molecule has 0 aliphatic carbocycles. The van der Waals surface area contributed by atoms with Gasteiger partial charge in [0, 0.05) is 24.6 Å². The fourth-order valence-electron chi connectivity index (χ4n) is 3.81. The number of H-pyrrole nitrogens is 1. The van der Waals surface area contributed by atoms with Crippen LogP contribution in [-0.4, -0.2) is 33.9 Å². The largest absolute Gasteiger partial charge is 0.416 e. The molecular formula is C21H17F6N3O. The molecular weight excluding hydrogens is 424 g/mol. The van der Waals surface area contributed by atoms with Crippen molar-refractivity contribution in [1.29, 1.82) is 0 Å². The van der Waals surface area contributed by atoms with Crippen molar-refractivity contribution in [2.24, 2.45) is 0 Å². The van der Waals surface area contributed by atoms with Crippen molar-refractivity contribution in [3.8, 4) is 0 Å². The first-order valence-electron chi connectivity index (χ1n) is 9.56. The van der Waals surface area contributed by atoms with Gasteiger partial charge in [0.2, 0.25) is 0 Å². The van der Waals surface area contributed by atoms with Crippen LogP contribution in [0.25, 0.3) is 11.0 Å². The summed E-state index contributed by atoms with van der Waals surface area (Å²) in [5.41, 5.74) is -2.08. The molecule has 1 aromatic heterocycles. The van der Waals surface area contributed by atoms with E-state index in [0.717, 1.165) is 11.0 Å². The van der Waals surface area contributed by atoms with Crippen LogP contribution in [-0.2, 0) is 12.4 Å². The summed E-state index contributed by atoms with van der Waals surface area (Å²) in [6.07, 6.45) is -8.76. The van der Waals surface area contributed by atoms with Crippen LogP contribution < -0.4 is 0 Å². The van der Waals surface area contributed by atoms with E-state index < -0.39 is 35.0 Å². The molecule has 1 amide bonds. The third-order valence-electron chi connectivity index (χ3n) is 5.34. The van der Waals surface area contributed by atoms with Gasteiger partial charge in [0.15, 0.2) is 0 Å². The van der Waals surface area contributed by atoms with E-state index in [0.29, 0.717) is 30.8 Å². The molecule has 1 atom stereocenters. The third-order valence-corrected chi connectivity index (χ3v) is 5.34. The highest BCUT2D eigenvalue weighted by Gasteiger charge is 2.38. The highest BCUT2D eigenvalue weighted by atomic mass is 19.4. The predicted octanol–water partition coefficient (Wildman–Crippen LogP) is 5.62. The lowest BCUT2D eigenvalue weighted by molar-refractivity contribution is -0.143. The van der Waals surface area contributed by atoms with Crippen molar-refractivity contribution in [2.75, 3.05) is 13.1 Å². The topological polar surface area (TPSA) is 49.0 Å². The minimum absolute atomic E-state index is 0.0180. The molecule has 3 aromatic rings. The van der Waals surface area contributed by atoms with Crippen molar-refractivity contribution in [1.82, 2.24) is 14.9 Å². The zero-order valence-electron chi connectivity index (χ0n) is 16.0. The first kappa shape index (κ1) is 21.2. The number of imidazole rings is 1. The second kappa shape index (κ2) is 7.58. The molecule has 0 spiro atoms. The Hall–Kier alpha value is -3.04. The van der Waals surface area contributed by atoms with Crippen LogP contribution in [0.2, 0.25) is 0 Å². The quantitative estimate of drug-likeness (QED) is 0.525. The molecule has 2 aromatic carbocycles. The average Bonchev–Trinajstić information content (AvgIpc) is 3.16. The average molecular weight is 441 g/mol. The molecule has 0 unspecified atom stereocenters. The lowest BCUT2D eigenvalue weighted by atomic mass is 9.96. The number of carbonyl (C=O) groups is 1. The second-order valence-electron chi connectivity index (χ2n) is 7.52. The Morgan fingerprint density at radius 2 is 1.65 bits per heavy atom. The molecule has 4 rings (SSSR count). The normalized spacial score (nSPS) is 17.9. The number of likely N-dealkylation sites (tertiary alicyclic amines) is 1. The molecule has 4 nitrogen and oxygen atoms in total. The van der Waals surface area contributed by atoms with Crippen molar-refractivity contribution >= 4 is 16.9 Å². The zero-order valence-corrected chi connectivity index (χ0v) is 16.0. The predicted molar refractivity (Wildman–Crippen MR) is 100 cm³/mol. The van der Waals surface area contributed by atoms with Gasteiger partial charge in [0.05, 0.1) is 22.2 Å². The number of aromatic nitrogens is 2. The van der Waals surface area contributed by atoms with Gasteiger partial charge < -0.3 is 9.88 Å². The molecule has 164 valence electrons. The van der Waals surface area contributed by atoms with Crippen LogP contribution in [0.3, 0.4) is 0 Å². The van der Waals surface area contributed by atoms with Crippen LogP contribution in [0.4, 0.5) is 26.3 Å². The van der Waals surface area contributed by atoms with Crippen molar-refractivity contribution in [2.45, 2.75) is 31.1 Å². The van der Waals surface area contributed by atoms with Gasteiger partial charge in [-0.05, 0) is 43.2 Å². The zero-order chi connectivity index (χ0) is 22.4. The first-order valence-corrected chi connectivity index (χ1v) is 9.56. The number of nitrogens with zero attached hydrogens (tertiary/aromatic N) is 2. The first-order chi connectivity index (χ1) is 14.5. The number of rotatable bonds is 2. The molecule has 0 bridgehead atoms. The monoisotopic (exact) mass is 441 g/mol. The lowest BCUT2D eigenvalue weighted by Gasteiger charge is -2.32. The van der Waals surface area contributed by atoms with E-state index in [-0.39, 0.29) is 25.1 Å². The summed E-state index contributed by atoms with van der Waals surface area (Å²) >= 11 is 0. The number of piperidine rings is 1. The standard InChI is InChI=1S/C21H17F6N3O/c22-20(23,24)14-8-13(9-15(10-14)21(25,26)27)19(31)30-7-3-4-12(11-30)18-28-16-5-1-2-6-17(16)29-18/h1-2,5-6,8-10,12H,3-4,7,11H2,(H,28,29)/t12-/m0/s1. The van der Waals surface area contributed by atoms with E-state index in [1.165, 1.54) is 4.90 Å². The summed E-state index contributed by atoms with van der Waals surface area (Å²) in [5, 5.41) is 0. The van der Waals surface area contributed by atoms with Gasteiger partial charge in [-0.3, -0.25) is 4.79 Å². The number of nitrogens with one attached hydrogen (secondary N) is 1. The molecule has 31 heavy (non-hydrogen) atoms. The number of alkyl halides is 6. The summed E-state index contributed by atoms with van der Waals surface area (Å²) in [4.78, 5) is 21.8. The van der Waals surface area contributed by atoms with Gasteiger partial charge in [-0.15, -0.1) is 0 Å². The number of aromatic amines is 1. The lowest BCUT2D eigenvalue weighted by Crippen LogP contribution is -2.39. The minimum Gasteiger partial charge on any atom is -0.342 e. The summed E-state index contributed by atoms with van der Waals surface area (Å²) in [5.74, 6) is -0.422. The van der Waals surface area contributed by atoms with Crippen LogP contribution in [0.1, 0.15) is 46.1 Å². The molecule has 1 fully saturated rings. The fraction of sp³-hybridized carbons (Fsp3) is 0.333. The van der Waals surface area contributed by atoms with Gasteiger partial charge in [0.1, 0.15) is 5.82 Å². The smallest absolute Gasteiger partial charge is 0.342 e. The van der Waals surface area contributed by atoms with Crippen LogP contribution >= 0.6 is 0 Å². The Balaban J connectivity index is 1.62. The van der Waals surface area contributed by atoms with Crippen molar-refractivity contribution < 1.29 is 31.1 Å². The maximum Gasteiger partial charge on any atom is 0.416 e. The molecule has 10 heteroatoms. The molecule has 0 saturated carbocycles. The van der Waals surface area contributed by atoms with Gasteiger partial charge >= 0.3 is 12.4 Å². The van der Waals surface area contributed by atoms with Gasteiger partial charge in [-0.25, -0.2) is 4.98 Å². The maximum atomic E-state index is 13.1. The van der Waals surface area contributed by atoms with Crippen molar-refractivity contribution in [3.63, 3.8) is 0 Å². The highest BCUT2D eigenvalue weighted by Crippen LogP contribution is 2.37. The summed E-state index contributed by atoms with van der Waals surface area (Å²) in [7, 11) is 0. The number of amides is 1. The molecule has 1 aliphatic rings. The molecule has 1 N–H and O–H groups in total. The second-order valence-corrected chi connectivity index (χ2v) is 7.52. The Labute approximate surface area is 172 Å². The van der Waals surface area contributed by atoms with E-state index in [9.17, 15) is 31.1 Å². The number of halogens is 6. The molecule has 1 saturated heterocycles. The number of hydrogen-bond donors (Lipinski definition) is 1. The Kier molecular flexibility index (Phi) is 5.18. The molecule has 2 heterocycles. The molecule has 0 radical (unpaired) electrons. The van der Waals surface area contributed by atoms with E-state index in [2.05, 4.69) is 9.97 Å². The number of carbonyl (C=O) groups excluding carboxylic acids is 1. The highest BCUT2D eigenvalue weighted by molar-refractivity contribution is 5.95. The molecule has 1 aliphatic heterocycles. The van der Waals surface area contributed by atoms with E-state index in [1.807, 2.05) is 24.3 Å². The maximum absolute atomic E-state index is 13.1. The Morgan fingerprint density at radius 1 is 1.00 bits per heavy atom. The van der Waals surface area contributed by atoms with Gasteiger partial charge in [-0.2, -0.15) is 26.3 Å². The summed E-state index contributed by atoms with van der Waals surface area (Å²) < 4.78 is 78.7. The van der Waals surface area contributed by atoms with Crippen molar-refractivity contribution in [3.05, 3.63) is 65.0 Å². The summed E-state index contributed by atoms with van der Waals surface area (Å²) in [6, 6.07) is 8.30. The number of fused-ring (bicyclic) bond motifs is 1. The van der Waals surface area contributed by atoms with E-state index in [4.69, 9.17) is 0 Å². The van der Waals surface area contributed by atoms with Crippen LogP contribution in [0, 0.1) is 0 Å². The Morgan fingerprint density at radius 3 is 2.26 bits per heavy atom. The fourth-order valence-corrected chi connectivity index (χ4v) is 3.81. The Bertz CT molecular complexity index is 1050. The van der Waals surface area contributed by atoms with E-state index in [1.54, 1.807) is 0 Å². The van der Waals surface area contributed by atoms with Gasteiger partial charge in [-0.1, -0.05) is 12.1 Å². The van der Waals surface area contributed by atoms with Gasteiger partial charge in [0.25, 0.3) is 5.91 Å². The van der Waals surface area contributed by atoms with Crippen LogP contribution in [0.5, 0.6) is 0 Å². The van der Waals surface area contributed by atoms with E-state index >= 15 is 0 Å². The number of benzene rings is 2. The number of para-hydroxylation sites is 2. The SMILES string of the molecule is O=C(c1cc(C(F)(F)F)cc(C(F)(F)F)c1)N1CCC[C@H](c2nc3ccccc3[nH]2)C1. The number of hydrogen-bond acceptors (Lipinski definition) is 2. The summed E-state index contributed by atoms with van der Waals surface area (Å²) in [6.45, 7) is 0.392. The third kappa shape index (κ3) is 4.38. The van der Waals surface area contributed by atoms with Crippen LogP contribution in [0.15, 0.2) is 42.5 Å².